The van der Waals surface area contributed by atoms with E-state index in [1.165, 1.54) is 23.8 Å². The molecule has 0 unspecified atom stereocenters. The molecule has 9 heteroatoms. The number of nitrogens with zero attached hydrogens (tertiary/aromatic N) is 3. The molecule has 1 aliphatic rings. The molecule has 3 rings (SSSR count). The van der Waals surface area contributed by atoms with Crippen molar-refractivity contribution in [1.29, 1.82) is 0 Å². The summed E-state index contributed by atoms with van der Waals surface area (Å²) in [5.74, 6) is -1.16. The average Bonchev–Trinajstić information content (AvgIpc) is 2.71. The fourth-order valence-electron chi connectivity index (χ4n) is 3.26. The van der Waals surface area contributed by atoms with Crippen molar-refractivity contribution in [2.45, 2.75) is 19.4 Å². The maximum atomic E-state index is 13.5. The van der Waals surface area contributed by atoms with Crippen LogP contribution >= 0.6 is 0 Å². The predicted molar refractivity (Wildman–Crippen MR) is 115 cm³/mol. The number of piperidine rings is 1. The molecule has 0 saturated carbocycles. The maximum absolute atomic E-state index is 13.5. The second-order valence-corrected chi connectivity index (χ2v) is 9.13. The summed E-state index contributed by atoms with van der Waals surface area (Å²) in [7, 11) is -3.76. The number of hydrogen-bond acceptors (Lipinski definition) is 5. The molecule has 1 fully saturated rings. The fraction of sp³-hybridized carbons (Fsp3) is 0.333. The largest absolute Gasteiger partial charge is 0.298 e. The Morgan fingerprint density at radius 1 is 1.13 bits per heavy atom. The molecule has 0 bridgehead atoms. The van der Waals surface area contributed by atoms with Crippen LogP contribution in [0.25, 0.3) is 0 Å². The van der Waals surface area contributed by atoms with Crippen molar-refractivity contribution in [3.8, 4) is 0 Å². The first-order chi connectivity index (χ1) is 14.3. The number of benzene rings is 2. The minimum absolute atomic E-state index is 0.0922. The van der Waals surface area contributed by atoms with Crippen LogP contribution in [0.4, 0.5) is 10.1 Å². The van der Waals surface area contributed by atoms with Gasteiger partial charge in [-0.05, 0) is 23.8 Å². The molecule has 1 amide bonds. The molecule has 7 nitrogen and oxygen atoms in total. The van der Waals surface area contributed by atoms with E-state index < -0.39 is 28.3 Å². The number of sulfonamides is 1. The fourth-order valence-corrected chi connectivity index (χ4v) is 4.11. The molecule has 160 valence electrons. The van der Waals surface area contributed by atoms with Crippen LogP contribution in [0, 0.1) is 5.82 Å². The summed E-state index contributed by atoms with van der Waals surface area (Å²) in [6, 6.07) is 15.3. The van der Waals surface area contributed by atoms with Gasteiger partial charge >= 0.3 is 0 Å². The number of anilines is 1. The molecular weight excluding hydrogens is 407 g/mol. The van der Waals surface area contributed by atoms with Gasteiger partial charge in [0.15, 0.2) is 0 Å². The van der Waals surface area contributed by atoms with Crippen LogP contribution in [-0.4, -0.2) is 50.8 Å². The van der Waals surface area contributed by atoms with Crippen molar-refractivity contribution >= 4 is 27.3 Å². The van der Waals surface area contributed by atoms with Gasteiger partial charge in [-0.2, -0.15) is 5.10 Å². The summed E-state index contributed by atoms with van der Waals surface area (Å²) in [4.78, 5) is 14.6. The normalized spacial score (nSPS) is 14.9. The minimum atomic E-state index is -3.76. The quantitative estimate of drug-likeness (QED) is 0.681. The third-order valence-electron chi connectivity index (χ3n) is 4.80. The van der Waals surface area contributed by atoms with Crippen molar-refractivity contribution < 1.29 is 17.6 Å². The molecule has 1 aliphatic heterocycles. The third-order valence-corrected chi connectivity index (χ3v) is 5.95. The van der Waals surface area contributed by atoms with Crippen LogP contribution in [0.2, 0.25) is 0 Å². The summed E-state index contributed by atoms with van der Waals surface area (Å²) >= 11 is 0. The van der Waals surface area contributed by atoms with Crippen LogP contribution in [0.3, 0.4) is 0 Å². The number of carbonyl (C=O) groups is 1. The van der Waals surface area contributed by atoms with Gasteiger partial charge in [0.25, 0.3) is 5.91 Å². The van der Waals surface area contributed by atoms with E-state index >= 15 is 0 Å². The van der Waals surface area contributed by atoms with Gasteiger partial charge in [0.05, 0.1) is 11.9 Å². The van der Waals surface area contributed by atoms with Crippen LogP contribution < -0.4 is 9.73 Å². The molecular formula is C21H25FN4O3S. The molecule has 1 N–H and O–H groups in total. The van der Waals surface area contributed by atoms with Crippen LogP contribution in [0.15, 0.2) is 59.7 Å². The maximum Gasteiger partial charge on any atom is 0.260 e. The number of halogens is 1. The Morgan fingerprint density at radius 3 is 2.47 bits per heavy atom. The molecule has 0 aromatic heterocycles. The smallest absolute Gasteiger partial charge is 0.260 e. The van der Waals surface area contributed by atoms with Gasteiger partial charge in [-0.1, -0.05) is 36.4 Å². The standard InChI is InChI=1S/C21H25FN4O3S/c1-30(28,29)26(20-9-5-8-18(22)14-20)16-21(27)24-23-19-10-12-25(13-11-19)15-17-6-3-2-4-7-17/h2-9,14H,10-13,15-16H2,1H3,(H,24,27). The highest BCUT2D eigenvalue weighted by molar-refractivity contribution is 7.92. The van der Waals surface area contributed by atoms with Gasteiger partial charge in [0.1, 0.15) is 12.4 Å². The van der Waals surface area contributed by atoms with Crippen molar-refractivity contribution in [2.75, 3.05) is 30.2 Å². The van der Waals surface area contributed by atoms with Crippen LogP contribution in [0.5, 0.6) is 0 Å². The minimum Gasteiger partial charge on any atom is -0.298 e. The number of hydrogen-bond donors (Lipinski definition) is 1. The number of hydrazone groups is 1. The second-order valence-electron chi connectivity index (χ2n) is 7.22. The summed E-state index contributed by atoms with van der Waals surface area (Å²) in [5, 5.41) is 4.17. The summed E-state index contributed by atoms with van der Waals surface area (Å²) in [6.07, 6.45) is 2.43. The lowest BCUT2D eigenvalue weighted by Gasteiger charge is -2.27. The summed E-state index contributed by atoms with van der Waals surface area (Å²) in [5.41, 5.74) is 4.65. The highest BCUT2D eigenvalue weighted by Gasteiger charge is 2.21. The van der Waals surface area contributed by atoms with Crippen molar-refractivity contribution in [1.82, 2.24) is 10.3 Å². The van der Waals surface area contributed by atoms with Gasteiger partial charge in [-0.15, -0.1) is 0 Å². The molecule has 0 radical (unpaired) electrons. The predicted octanol–water partition coefficient (Wildman–Crippen LogP) is 2.36. The van der Waals surface area contributed by atoms with Crippen molar-refractivity contribution in [2.24, 2.45) is 5.10 Å². The van der Waals surface area contributed by atoms with E-state index in [4.69, 9.17) is 0 Å². The topological polar surface area (TPSA) is 82.1 Å². The highest BCUT2D eigenvalue weighted by atomic mass is 32.2. The van der Waals surface area contributed by atoms with E-state index in [1.807, 2.05) is 18.2 Å². The van der Waals surface area contributed by atoms with Crippen molar-refractivity contribution in [3.63, 3.8) is 0 Å². The Labute approximate surface area is 176 Å². The van der Waals surface area contributed by atoms with E-state index in [2.05, 4.69) is 27.6 Å². The first-order valence-corrected chi connectivity index (χ1v) is 11.5. The number of likely N-dealkylation sites (tertiary alicyclic amines) is 1. The van der Waals surface area contributed by atoms with Gasteiger partial charge in [-0.3, -0.25) is 14.0 Å². The Morgan fingerprint density at radius 2 is 1.83 bits per heavy atom. The monoisotopic (exact) mass is 432 g/mol. The zero-order valence-electron chi connectivity index (χ0n) is 16.8. The molecule has 2 aromatic carbocycles. The van der Waals surface area contributed by atoms with E-state index in [9.17, 15) is 17.6 Å². The number of carbonyl (C=O) groups excluding carboxylic acids is 1. The molecule has 30 heavy (non-hydrogen) atoms. The zero-order valence-corrected chi connectivity index (χ0v) is 17.6. The van der Waals surface area contributed by atoms with Gasteiger partial charge in [0, 0.05) is 38.2 Å². The lowest BCUT2D eigenvalue weighted by atomic mass is 10.1. The molecule has 0 atom stereocenters. The second kappa shape index (κ2) is 9.82. The molecule has 1 heterocycles. The van der Waals surface area contributed by atoms with E-state index in [-0.39, 0.29) is 5.69 Å². The molecule has 0 spiro atoms. The molecule has 0 aliphatic carbocycles. The number of amides is 1. The summed E-state index contributed by atoms with van der Waals surface area (Å²) in [6.45, 7) is 2.07. The first-order valence-electron chi connectivity index (χ1n) is 9.65. The third kappa shape index (κ3) is 6.36. The Kier molecular flexibility index (Phi) is 7.17. The SMILES string of the molecule is CS(=O)(=O)N(CC(=O)NN=C1CCN(Cc2ccccc2)CC1)c1cccc(F)c1. The lowest BCUT2D eigenvalue weighted by molar-refractivity contribution is -0.119. The Balaban J connectivity index is 1.53. The van der Waals surface area contributed by atoms with E-state index in [0.717, 1.165) is 54.8 Å². The van der Waals surface area contributed by atoms with Crippen molar-refractivity contribution in [3.05, 3.63) is 66.0 Å². The zero-order chi connectivity index (χ0) is 21.6. The Hall–Kier alpha value is -2.78. The number of rotatable bonds is 7. The lowest BCUT2D eigenvalue weighted by Crippen LogP contribution is -2.40. The van der Waals surface area contributed by atoms with Crippen LogP contribution in [-0.2, 0) is 21.4 Å². The van der Waals surface area contributed by atoms with Gasteiger partial charge < -0.3 is 0 Å². The number of nitrogens with one attached hydrogen (secondary N) is 1. The Bertz CT molecular complexity index is 1000. The van der Waals surface area contributed by atoms with E-state index in [0.29, 0.717) is 0 Å². The molecule has 1 saturated heterocycles. The van der Waals surface area contributed by atoms with Crippen LogP contribution in [0.1, 0.15) is 18.4 Å². The van der Waals surface area contributed by atoms with Gasteiger partial charge in [0.2, 0.25) is 10.0 Å². The highest BCUT2D eigenvalue weighted by Crippen LogP contribution is 2.18. The average molecular weight is 433 g/mol. The first kappa shape index (κ1) is 21.9. The van der Waals surface area contributed by atoms with Gasteiger partial charge in [-0.25, -0.2) is 18.2 Å². The van der Waals surface area contributed by atoms with E-state index in [1.54, 1.807) is 0 Å². The summed E-state index contributed by atoms with van der Waals surface area (Å²) < 4.78 is 38.4. The molecule has 2 aromatic rings.